The minimum Gasteiger partial charge on any atom is -0.434 e. The van der Waals surface area contributed by atoms with Crippen LogP contribution in [-0.2, 0) is 0 Å². The Morgan fingerprint density at radius 2 is 1.58 bits per heavy atom. The predicted octanol–water partition coefficient (Wildman–Crippen LogP) is 4.55. The van der Waals surface area contributed by atoms with Crippen molar-refractivity contribution in [1.82, 2.24) is 0 Å². The molecule has 3 heteroatoms. The second-order valence-electron chi connectivity index (χ2n) is 5.57. The van der Waals surface area contributed by atoms with Crippen LogP contribution in [0.1, 0.15) is 11.1 Å². The van der Waals surface area contributed by atoms with Gasteiger partial charge < -0.3 is 4.74 Å². The first-order chi connectivity index (χ1) is 11.9. The van der Waals surface area contributed by atoms with Gasteiger partial charge in [-0.2, -0.15) is 4.58 Å². The Balaban J connectivity index is 1.67. The Morgan fingerprint density at radius 1 is 0.833 bits per heavy atom. The van der Waals surface area contributed by atoms with Crippen LogP contribution >= 0.6 is 0 Å². The van der Waals surface area contributed by atoms with E-state index in [1.165, 1.54) is 0 Å². The van der Waals surface area contributed by atoms with E-state index in [0.29, 0.717) is 6.73 Å². The normalized spacial score (nSPS) is 13.2. The van der Waals surface area contributed by atoms with Crippen LogP contribution < -0.4 is 4.74 Å². The molecule has 4 rings (SSSR count). The van der Waals surface area contributed by atoms with E-state index in [-0.39, 0.29) is 0 Å². The minimum atomic E-state index is 0.493. The molecule has 0 spiro atoms. The fourth-order valence-corrected chi connectivity index (χ4v) is 2.71. The molecule has 116 valence electrons. The number of nitrogens with zero attached hydrogens (tertiary/aromatic N) is 2. The molecule has 1 aliphatic heterocycles. The molecule has 24 heavy (non-hydrogen) atoms. The SMILES string of the molecule is C(=Nc1ccccc1)c1cccc2c1OC[N+](c1ccccc1)=C2. The van der Waals surface area contributed by atoms with Crippen molar-refractivity contribution >= 4 is 23.8 Å². The zero-order valence-electron chi connectivity index (χ0n) is 13.2. The molecule has 3 nitrogen and oxygen atoms in total. The first-order valence-corrected chi connectivity index (χ1v) is 7.92. The highest BCUT2D eigenvalue weighted by molar-refractivity contribution is 5.92. The third-order valence-electron chi connectivity index (χ3n) is 3.92. The monoisotopic (exact) mass is 313 g/mol. The number of ether oxygens (including phenoxy) is 1. The lowest BCUT2D eigenvalue weighted by molar-refractivity contribution is -0.476. The van der Waals surface area contributed by atoms with E-state index in [1.54, 1.807) is 0 Å². The average molecular weight is 313 g/mol. The van der Waals surface area contributed by atoms with E-state index in [2.05, 4.69) is 34.0 Å². The van der Waals surface area contributed by atoms with Crippen molar-refractivity contribution in [2.45, 2.75) is 0 Å². The van der Waals surface area contributed by atoms with Crippen molar-refractivity contribution in [2.75, 3.05) is 6.73 Å². The van der Waals surface area contributed by atoms with E-state index < -0.39 is 0 Å². The van der Waals surface area contributed by atoms with Gasteiger partial charge in [0.1, 0.15) is 5.75 Å². The molecule has 0 amide bonds. The van der Waals surface area contributed by atoms with Gasteiger partial charge in [0.25, 0.3) is 6.73 Å². The van der Waals surface area contributed by atoms with Crippen LogP contribution in [0.25, 0.3) is 0 Å². The minimum absolute atomic E-state index is 0.493. The van der Waals surface area contributed by atoms with Crippen molar-refractivity contribution in [3.8, 4) is 5.75 Å². The van der Waals surface area contributed by atoms with Gasteiger partial charge in [-0.25, -0.2) is 0 Å². The number of hydrogen-bond acceptors (Lipinski definition) is 2. The van der Waals surface area contributed by atoms with Gasteiger partial charge in [0.05, 0.1) is 11.3 Å². The fraction of sp³-hybridized carbons (Fsp3) is 0.0476. The number of para-hydroxylation sites is 3. The summed E-state index contributed by atoms with van der Waals surface area (Å²) in [6, 6.07) is 26.2. The van der Waals surface area contributed by atoms with Crippen LogP contribution in [0.5, 0.6) is 5.75 Å². The highest BCUT2D eigenvalue weighted by atomic mass is 16.5. The molecule has 1 aliphatic rings. The maximum atomic E-state index is 6.01. The Labute approximate surface area is 141 Å². The predicted molar refractivity (Wildman–Crippen MR) is 97.2 cm³/mol. The van der Waals surface area contributed by atoms with Crippen LogP contribution in [-0.4, -0.2) is 23.7 Å². The molecule has 0 aliphatic carbocycles. The Hall–Kier alpha value is -3.20. The molecule has 3 aromatic rings. The maximum absolute atomic E-state index is 6.01. The smallest absolute Gasteiger partial charge is 0.292 e. The third-order valence-corrected chi connectivity index (χ3v) is 3.92. The number of rotatable bonds is 3. The van der Waals surface area contributed by atoms with E-state index in [4.69, 9.17) is 4.74 Å². The van der Waals surface area contributed by atoms with Crippen molar-refractivity contribution in [3.63, 3.8) is 0 Å². The quantitative estimate of drug-likeness (QED) is 0.514. The number of aliphatic imine (C=N–C) groups is 1. The molecule has 0 bridgehead atoms. The van der Waals surface area contributed by atoms with Crippen molar-refractivity contribution in [1.29, 1.82) is 0 Å². The lowest BCUT2D eigenvalue weighted by atomic mass is 10.1. The molecule has 1 heterocycles. The molecule has 0 saturated heterocycles. The van der Waals surface area contributed by atoms with Crippen LogP contribution in [0, 0.1) is 0 Å². The molecule has 0 saturated carbocycles. The molecule has 0 N–H and O–H groups in total. The van der Waals surface area contributed by atoms with Gasteiger partial charge in [-0.3, -0.25) is 4.99 Å². The van der Waals surface area contributed by atoms with Gasteiger partial charge in [0.15, 0.2) is 6.21 Å². The highest BCUT2D eigenvalue weighted by Gasteiger charge is 2.20. The zero-order chi connectivity index (χ0) is 16.2. The number of benzene rings is 3. The standard InChI is InChI=1S/C21H17N2O/c1-3-10-19(11-4-1)22-14-17-8-7-9-18-15-23(16-24-21(17)18)20-12-5-2-6-13-20/h1-15H,16H2/q+1. The summed E-state index contributed by atoms with van der Waals surface area (Å²) in [7, 11) is 0. The Morgan fingerprint density at radius 3 is 2.38 bits per heavy atom. The van der Waals surface area contributed by atoms with Gasteiger partial charge in [-0.05, 0) is 24.3 Å². The van der Waals surface area contributed by atoms with E-state index in [0.717, 1.165) is 28.3 Å². The molecule has 0 fully saturated rings. The van der Waals surface area contributed by atoms with Crippen LogP contribution in [0.2, 0.25) is 0 Å². The zero-order valence-corrected chi connectivity index (χ0v) is 13.2. The fourth-order valence-electron chi connectivity index (χ4n) is 2.71. The summed E-state index contributed by atoms with van der Waals surface area (Å²) in [6.07, 6.45) is 3.98. The summed E-state index contributed by atoms with van der Waals surface area (Å²) in [5.74, 6) is 0.879. The summed E-state index contributed by atoms with van der Waals surface area (Å²) in [4.78, 5) is 4.53. The van der Waals surface area contributed by atoms with Gasteiger partial charge in [-0.15, -0.1) is 0 Å². The second kappa shape index (κ2) is 6.50. The van der Waals surface area contributed by atoms with Crippen LogP contribution in [0.15, 0.2) is 83.9 Å². The lowest BCUT2D eigenvalue weighted by Crippen LogP contribution is -2.21. The van der Waals surface area contributed by atoms with Gasteiger partial charge in [-0.1, -0.05) is 42.5 Å². The average Bonchev–Trinajstić information content (AvgIpc) is 2.67. The number of hydrogen-bond donors (Lipinski definition) is 0. The third kappa shape index (κ3) is 2.97. The van der Waals surface area contributed by atoms with E-state index >= 15 is 0 Å². The maximum Gasteiger partial charge on any atom is 0.292 e. The molecule has 0 atom stereocenters. The first-order valence-electron chi connectivity index (χ1n) is 7.92. The topological polar surface area (TPSA) is 24.6 Å². The van der Waals surface area contributed by atoms with Crippen LogP contribution in [0.4, 0.5) is 11.4 Å². The molecule has 0 unspecified atom stereocenters. The van der Waals surface area contributed by atoms with Crippen LogP contribution in [0.3, 0.4) is 0 Å². The summed E-state index contributed by atoms with van der Waals surface area (Å²) >= 11 is 0. The van der Waals surface area contributed by atoms with Crippen molar-refractivity contribution in [2.24, 2.45) is 4.99 Å². The number of fused-ring (bicyclic) bond motifs is 1. The molecular formula is C21H17N2O+. The van der Waals surface area contributed by atoms with Gasteiger partial charge in [0.2, 0.25) is 5.69 Å². The lowest BCUT2D eigenvalue weighted by Gasteiger charge is -2.15. The molecular weight excluding hydrogens is 296 g/mol. The highest BCUT2D eigenvalue weighted by Crippen LogP contribution is 2.26. The Kier molecular flexibility index (Phi) is 3.90. The summed E-state index contributed by atoms with van der Waals surface area (Å²) in [5, 5.41) is 0. The first kappa shape index (κ1) is 14.4. The molecule has 3 aromatic carbocycles. The van der Waals surface area contributed by atoms with Crippen molar-refractivity contribution in [3.05, 3.63) is 90.0 Å². The summed E-state index contributed by atoms with van der Waals surface area (Å²) < 4.78 is 8.11. The van der Waals surface area contributed by atoms with Gasteiger partial charge in [0, 0.05) is 23.9 Å². The van der Waals surface area contributed by atoms with E-state index in [9.17, 15) is 0 Å². The summed E-state index contributed by atoms with van der Waals surface area (Å²) in [5.41, 5.74) is 4.09. The largest absolute Gasteiger partial charge is 0.434 e. The van der Waals surface area contributed by atoms with Crippen molar-refractivity contribution < 1.29 is 9.31 Å². The molecule has 0 aromatic heterocycles. The summed E-state index contributed by atoms with van der Waals surface area (Å²) in [6.45, 7) is 0.493. The van der Waals surface area contributed by atoms with E-state index in [1.807, 2.05) is 66.9 Å². The van der Waals surface area contributed by atoms with Gasteiger partial charge >= 0.3 is 0 Å². The Bertz CT molecular complexity index is 900. The molecule has 0 radical (unpaired) electrons. The second-order valence-corrected chi connectivity index (χ2v) is 5.57.